The Morgan fingerprint density at radius 1 is 1.54 bits per heavy atom. The van der Waals surface area contributed by atoms with Gasteiger partial charge in [-0.3, -0.25) is 4.79 Å². The molecular formula is C10H19NO2. The summed E-state index contributed by atoms with van der Waals surface area (Å²) in [6, 6.07) is 0. The van der Waals surface area contributed by atoms with Crippen molar-refractivity contribution < 1.29 is 9.90 Å². The highest BCUT2D eigenvalue weighted by molar-refractivity contribution is 5.69. The minimum atomic E-state index is -0.738. The van der Waals surface area contributed by atoms with E-state index in [1.54, 1.807) is 6.92 Å². The monoisotopic (exact) mass is 185 g/mol. The lowest BCUT2D eigenvalue weighted by Crippen LogP contribution is -2.18. The van der Waals surface area contributed by atoms with Crippen molar-refractivity contribution in [3.63, 3.8) is 0 Å². The molecule has 76 valence electrons. The summed E-state index contributed by atoms with van der Waals surface area (Å²) in [5.74, 6) is -0.757. The van der Waals surface area contributed by atoms with Gasteiger partial charge in [0.1, 0.15) is 0 Å². The van der Waals surface area contributed by atoms with Crippen molar-refractivity contribution >= 4 is 5.97 Å². The molecule has 0 aromatic heterocycles. The molecule has 0 aromatic carbocycles. The zero-order valence-electron chi connectivity index (χ0n) is 8.42. The van der Waals surface area contributed by atoms with E-state index in [0.717, 1.165) is 12.0 Å². The summed E-state index contributed by atoms with van der Waals surface area (Å²) in [5.41, 5.74) is 6.57. The van der Waals surface area contributed by atoms with Gasteiger partial charge >= 0.3 is 5.97 Å². The Labute approximate surface area is 79.6 Å². The fourth-order valence-corrected chi connectivity index (χ4v) is 1.14. The molecule has 0 saturated carbocycles. The Morgan fingerprint density at radius 2 is 2.08 bits per heavy atom. The van der Waals surface area contributed by atoms with E-state index in [0.29, 0.717) is 13.0 Å². The summed E-state index contributed by atoms with van der Waals surface area (Å²) in [6.45, 7) is 8.03. The Balaban J connectivity index is 3.85. The third kappa shape index (κ3) is 4.68. The highest BCUT2D eigenvalue weighted by Gasteiger charge is 2.14. The van der Waals surface area contributed by atoms with Crippen molar-refractivity contribution in [3.05, 3.63) is 12.2 Å². The number of hydrogen-bond donors (Lipinski definition) is 2. The first-order chi connectivity index (χ1) is 5.99. The molecule has 0 bridgehead atoms. The van der Waals surface area contributed by atoms with Gasteiger partial charge in [-0.2, -0.15) is 0 Å². The predicted molar refractivity (Wildman–Crippen MR) is 53.4 cm³/mol. The maximum absolute atomic E-state index is 10.5. The topological polar surface area (TPSA) is 63.3 Å². The van der Waals surface area contributed by atoms with Gasteiger partial charge in [0.25, 0.3) is 0 Å². The number of hydrogen-bond acceptors (Lipinski definition) is 2. The van der Waals surface area contributed by atoms with E-state index in [9.17, 15) is 4.79 Å². The van der Waals surface area contributed by atoms with Crippen molar-refractivity contribution in [1.82, 2.24) is 0 Å². The number of nitrogens with two attached hydrogens (primary N) is 1. The van der Waals surface area contributed by atoms with Crippen LogP contribution in [0.25, 0.3) is 0 Å². The largest absolute Gasteiger partial charge is 0.481 e. The predicted octanol–water partition coefficient (Wildman–Crippen LogP) is 1.64. The van der Waals surface area contributed by atoms with E-state index >= 15 is 0 Å². The van der Waals surface area contributed by atoms with Crippen LogP contribution in [-0.4, -0.2) is 17.6 Å². The molecule has 3 nitrogen and oxygen atoms in total. The Hall–Kier alpha value is -0.830. The molecule has 0 saturated heterocycles. The molecule has 0 rings (SSSR count). The van der Waals surface area contributed by atoms with E-state index in [1.807, 2.05) is 6.92 Å². The van der Waals surface area contributed by atoms with Gasteiger partial charge in [-0.15, -0.1) is 0 Å². The lowest BCUT2D eigenvalue weighted by molar-refractivity contribution is -0.141. The molecule has 0 aromatic rings. The van der Waals surface area contributed by atoms with Crippen LogP contribution in [-0.2, 0) is 4.79 Å². The molecule has 0 spiro atoms. The third-order valence-corrected chi connectivity index (χ3v) is 2.35. The summed E-state index contributed by atoms with van der Waals surface area (Å²) in [5, 5.41) is 8.65. The van der Waals surface area contributed by atoms with Crippen molar-refractivity contribution in [2.24, 2.45) is 17.6 Å². The molecule has 3 N–H and O–H groups in total. The number of aliphatic carboxylic acids is 1. The van der Waals surface area contributed by atoms with Gasteiger partial charge in [-0.1, -0.05) is 19.1 Å². The first-order valence-corrected chi connectivity index (χ1v) is 4.57. The fraction of sp³-hybridized carbons (Fsp3) is 0.700. The normalized spacial score (nSPS) is 15.0. The molecular weight excluding hydrogens is 166 g/mol. The van der Waals surface area contributed by atoms with E-state index in [-0.39, 0.29) is 11.8 Å². The fourth-order valence-electron chi connectivity index (χ4n) is 1.14. The zero-order chi connectivity index (χ0) is 10.4. The molecule has 2 unspecified atom stereocenters. The van der Waals surface area contributed by atoms with E-state index in [2.05, 4.69) is 6.58 Å². The van der Waals surface area contributed by atoms with Gasteiger partial charge in [0.05, 0.1) is 5.92 Å². The number of carboxylic acid groups (broad SMARTS) is 1. The van der Waals surface area contributed by atoms with E-state index < -0.39 is 5.97 Å². The van der Waals surface area contributed by atoms with Gasteiger partial charge in [0.2, 0.25) is 0 Å². The van der Waals surface area contributed by atoms with Crippen molar-refractivity contribution in [1.29, 1.82) is 0 Å². The average Bonchev–Trinajstić information content (AvgIpc) is 2.04. The summed E-state index contributed by atoms with van der Waals surface area (Å²) in [4.78, 5) is 10.5. The Morgan fingerprint density at radius 3 is 2.38 bits per heavy atom. The molecule has 13 heavy (non-hydrogen) atoms. The van der Waals surface area contributed by atoms with Gasteiger partial charge in [-0.05, 0) is 32.2 Å². The van der Waals surface area contributed by atoms with Crippen LogP contribution in [0.4, 0.5) is 0 Å². The van der Waals surface area contributed by atoms with Crippen molar-refractivity contribution in [2.45, 2.75) is 26.7 Å². The maximum Gasteiger partial charge on any atom is 0.306 e. The van der Waals surface area contributed by atoms with Crippen LogP contribution in [0.1, 0.15) is 26.7 Å². The first-order valence-electron chi connectivity index (χ1n) is 4.57. The number of carboxylic acids is 1. The van der Waals surface area contributed by atoms with E-state index in [4.69, 9.17) is 10.8 Å². The summed E-state index contributed by atoms with van der Waals surface area (Å²) < 4.78 is 0. The average molecular weight is 185 g/mol. The third-order valence-electron chi connectivity index (χ3n) is 2.35. The maximum atomic E-state index is 10.5. The number of carbonyl (C=O) groups is 1. The standard InChI is InChI=1S/C10H19NO2/c1-7(2)9(6-11)5-4-8(3)10(12)13/h8-9H,1,4-6,11H2,2-3H3,(H,12,13). The zero-order valence-corrected chi connectivity index (χ0v) is 8.42. The second-order valence-corrected chi connectivity index (χ2v) is 3.60. The molecule has 2 atom stereocenters. The molecule has 0 aliphatic heterocycles. The molecule has 0 radical (unpaired) electrons. The van der Waals surface area contributed by atoms with Gasteiger partial charge in [0, 0.05) is 0 Å². The molecule has 0 aliphatic rings. The second kappa shape index (κ2) is 5.75. The lowest BCUT2D eigenvalue weighted by Gasteiger charge is -2.15. The second-order valence-electron chi connectivity index (χ2n) is 3.60. The van der Waals surface area contributed by atoms with Crippen molar-refractivity contribution in [2.75, 3.05) is 6.54 Å². The van der Waals surface area contributed by atoms with Crippen LogP contribution in [0, 0.1) is 11.8 Å². The van der Waals surface area contributed by atoms with Crippen LogP contribution in [0.2, 0.25) is 0 Å². The first kappa shape index (κ1) is 12.2. The van der Waals surface area contributed by atoms with Crippen LogP contribution in [0.3, 0.4) is 0 Å². The Kier molecular flexibility index (Phi) is 5.39. The van der Waals surface area contributed by atoms with Crippen LogP contribution < -0.4 is 5.73 Å². The Bertz CT molecular complexity index is 189. The molecule has 0 heterocycles. The molecule has 0 amide bonds. The SMILES string of the molecule is C=C(C)C(CN)CCC(C)C(=O)O. The van der Waals surface area contributed by atoms with Gasteiger partial charge < -0.3 is 10.8 Å². The number of rotatable bonds is 6. The summed E-state index contributed by atoms with van der Waals surface area (Å²) >= 11 is 0. The van der Waals surface area contributed by atoms with Crippen molar-refractivity contribution in [3.8, 4) is 0 Å². The van der Waals surface area contributed by atoms with Crippen LogP contribution >= 0.6 is 0 Å². The highest BCUT2D eigenvalue weighted by atomic mass is 16.4. The van der Waals surface area contributed by atoms with Gasteiger partial charge in [-0.25, -0.2) is 0 Å². The highest BCUT2D eigenvalue weighted by Crippen LogP contribution is 2.17. The quantitative estimate of drug-likeness (QED) is 0.618. The van der Waals surface area contributed by atoms with E-state index in [1.165, 1.54) is 0 Å². The van der Waals surface area contributed by atoms with Gasteiger partial charge in [0.15, 0.2) is 0 Å². The smallest absolute Gasteiger partial charge is 0.306 e. The van der Waals surface area contributed by atoms with Crippen LogP contribution in [0.15, 0.2) is 12.2 Å². The molecule has 0 fully saturated rings. The summed E-state index contributed by atoms with van der Waals surface area (Å²) in [6.07, 6.45) is 1.49. The molecule has 3 heteroatoms. The summed E-state index contributed by atoms with van der Waals surface area (Å²) in [7, 11) is 0. The minimum Gasteiger partial charge on any atom is -0.481 e. The lowest BCUT2D eigenvalue weighted by atomic mass is 9.92. The van der Waals surface area contributed by atoms with Crippen LogP contribution in [0.5, 0.6) is 0 Å². The molecule has 0 aliphatic carbocycles. The minimum absolute atomic E-state index is 0.266.